The molecular formula is C16H29N3O. The fraction of sp³-hybridized carbons (Fsp3) is 0.812. The molecule has 0 radical (unpaired) electrons. The van der Waals surface area contributed by atoms with E-state index < -0.39 is 0 Å². The first-order valence-corrected chi connectivity index (χ1v) is 8.09. The van der Waals surface area contributed by atoms with Crippen LogP contribution in [0.15, 0.2) is 11.6 Å². The molecule has 4 nitrogen and oxygen atoms in total. The van der Waals surface area contributed by atoms with Crippen molar-refractivity contribution in [1.29, 1.82) is 0 Å². The lowest BCUT2D eigenvalue weighted by Gasteiger charge is -2.35. The maximum atomic E-state index is 12.0. The third-order valence-corrected chi connectivity index (χ3v) is 4.55. The summed E-state index contributed by atoms with van der Waals surface area (Å²) in [6.07, 6.45) is 10.4. The number of piperidine rings is 1. The molecule has 2 atom stereocenters. The Morgan fingerprint density at radius 1 is 1.50 bits per heavy atom. The van der Waals surface area contributed by atoms with Crippen molar-refractivity contribution in [1.82, 2.24) is 10.2 Å². The molecule has 2 rings (SSSR count). The van der Waals surface area contributed by atoms with Gasteiger partial charge in [0.05, 0.1) is 6.54 Å². The standard InChI is InChI=1S/C16H29N3O/c1-13-11-15(17)8-10-19(13)12-16(20)18-9-7-14-5-3-2-4-6-14/h5,13,15H,2-4,6-12,17H2,1H3,(H,18,20). The zero-order valence-corrected chi connectivity index (χ0v) is 12.7. The normalized spacial score (nSPS) is 28.0. The second kappa shape index (κ2) is 7.79. The number of likely N-dealkylation sites (tertiary alicyclic amines) is 1. The number of allylic oxidation sites excluding steroid dienone is 1. The van der Waals surface area contributed by atoms with Gasteiger partial charge in [0.25, 0.3) is 0 Å². The summed E-state index contributed by atoms with van der Waals surface area (Å²) >= 11 is 0. The van der Waals surface area contributed by atoms with E-state index >= 15 is 0 Å². The molecule has 1 aliphatic carbocycles. The van der Waals surface area contributed by atoms with E-state index in [-0.39, 0.29) is 5.91 Å². The highest BCUT2D eigenvalue weighted by Gasteiger charge is 2.24. The number of hydrogen-bond donors (Lipinski definition) is 2. The van der Waals surface area contributed by atoms with E-state index in [0.717, 1.165) is 32.4 Å². The maximum Gasteiger partial charge on any atom is 0.234 e. The van der Waals surface area contributed by atoms with Gasteiger partial charge >= 0.3 is 0 Å². The molecule has 0 spiro atoms. The number of hydrogen-bond acceptors (Lipinski definition) is 3. The summed E-state index contributed by atoms with van der Waals surface area (Å²) in [4.78, 5) is 14.2. The first-order valence-electron chi connectivity index (χ1n) is 8.09. The molecule has 2 aliphatic rings. The second-order valence-corrected chi connectivity index (χ2v) is 6.31. The minimum absolute atomic E-state index is 0.156. The lowest BCUT2D eigenvalue weighted by atomic mass is 9.97. The van der Waals surface area contributed by atoms with Gasteiger partial charge in [0, 0.05) is 25.2 Å². The van der Waals surface area contributed by atoms with Gasteiger partial charge in [-0.05, 0) is 51.9 Å². The van der Waals surface area contributed by atoms with Crippen molar-refractivity contribution in [3.05, 3.63) is 11.6 Å². The van der Waals surface area contributed by atoms with Gasteiger partial charge in [0.1, 0.15) is 0 Å². The minimum Gasteiger partial charge on any atom is -0.355 e. The molecule has 0 bridgehead atoms. The zero-order chi connectivity index (χ0) is 14.4. The van der Waals surface area contributed by atoms with Crippen LogP contribution in [-0.2, 0) is 4.79 Å². The summed E-state index contributed by atoms with van der Waals surface area (Å²) in [6.45, 7) is 4.42. The van der Waals surface area contributed by atoms with E-state index in [9.17, 15) is 4.79 Å². The van der Waals surface area contributed by atoms with Crippen LogP contribution in [0.5, 0.6) is 0 Å². The molecule has 4 heteroatoms. The van der Waals surface area contributed by atoms with Gasteiger partial charge < -0.3 is 11.1 Å². The molecule has 1 saturated heterocycles. The van der Waals surface area contributed by atoms with Gasteiger partial charge in [-0.1, -0.05) is 11.6 Å². The molecule has 0 aromatic heterocycles. The number of amides is 1. The summed E-state index contributed by atoms with van der Waals surface area (Å²) in [5, 5.41) is 3.06. The van der Waals surface area contributed by atoms with Gasteiger partial charge in [-0.2, -0.15) is 0 Å². The van der Waals surface area contributed by atoms with E-state index in [2.05, 4.69) is 23.2 Å². The van der Waals surface area contributed by atoms with E-state index in [1.54, 1.807) is 0 Å². The largest absolute Gasteiger partial charge is 0.355 e. The Morgan fingerprint density at radius 3 is 3.05 bits per heavy atom. The zero-order valence-electron chi connectivity index (χ0n) is 12.7. The number of carbonyl (C=O) groups excluding carboxylic acids is 1. The van der Waals surface area contributed by atoms with Crippen molar-refractivity contribution in [2.75, 3.05) is 19.6 Å². The minimum atomic E-state index is 0.156. The lowest BCUT2D eigenvalue weighted by molar-refractivity contribution is -0.123. The van der Waals surface area contributed by atoms with Crippen LogP contribution in [-0.4, -0.2) is 42.5 Å². The van der Waals surface area contributed by atoms with Crippen molar-refractivity contribution < 1.29 is 4.79 Å². The molecule has 0 saturated carbocycles. The molecular weight excluding hydrogens is 250 g/mol. The smallest absolute Gasteiger partial charge is 0.234 e. The van der Waals surface area contributed by atoms with Crippen LogP contribution in [0, 0.1) is 0 Å². The van der Waals surface area contributed by atoms with Gasteiger partial charge in [0.15, 0.2) is 0 Å². The Kier molecular flexibility index (Phi) is 6.05. The Hall–Kier alpha value is -0.870. The first-order chi connectivity index (χ1) is 9.65. The summed E-state index contributed by atoms with van der Waals surface area (Å²) in [7, 11) is 0. The van der Waals surface area contributed by atoms with E-state index in [1.807, 2.05) is 0 Å². The van der Waals surface area contributed by atoms with Crippen molar-refractivity contribution in [3.8, 4) is 0 Å². The fourth-order valence-electron chi connectivity index (χ4n) is 3.23. The molecule has 0 aromatic rings. The molecule has 20 heavy (non-hydrogen) atoms. The third-order valence-electron chi connectivity index (χ3n) is 4.55. The number of nitrogens with one attached hydrogen (secondary N) is 1. The Bertz CT molecular complexity index is 354. The molecule has 1 amide bonds. The summed E-state index contributed by atoms with van der Waals surface area (Å²) in [5.74, 6) is 0.156. The summed E-state index contributed by atoms with van der Waals surface area (Å²) < 4.78 is 0. The summed E-state index contributed by atoms with van der Waals surface area (Å²) in [5.41, 5.74) is 7.47. The molecule has 1 heterocycles. The molecule has 1 aliphatic heterocycles. The second-order valence-electron chi connectivity index (χ2n) is 6.31. The van der Waals surface area contributed by atoms with E-state index in [0.29, 0.717) is 18.6 Å². The molecule has 114 valence electrons. The van der Waals surface area contributed by atoms with Crippen molar-refractivity contribution >= 4 is 5.91 Å². The molecule has 1 fully saturated rings. The lowest BCUT2D eigenvalue weighted by Crippen LogP contribution is -2.49. The van der Waals surface area contributed by atoms with Crippen LogP contribution in [0.2, 0.25) is 0 Å². The van der Waals surface area contributed by atoms with Crippen LogP contribution < -0.4 is 11.1 Å². The highest BCUT2D eigenvalue weighted by Crippen LogP contribution is 2.19. The topological polar surface area (TPSA) is 58.4 Å². The fourth-order valence-corrected chi connectivity index (χ4v) is 3.23. The molecule has 2 unspecified atom stereocenters. The average Bonchev–Trinajstić information content (AvgIpc) is 2.43. The van der Waals surface area contributed by atoms with Crippen LogP contribution in [0.1, 0.15) is 51.9 Å². The third kappa shape index (κ3) is 4.91. The first kappa shape index (κ1) is 15.5. The van der Waals surface area contributed by atoms with Crippen LogP contribution in [0.3, 0.4) is 0 Å². The number of carbonyl (C=O) groups is 1. The monoisotopic (exact) mass is 279 g/mol. The SMILES string of the molecule is CC1CC(N)CCN1CC(=O)NCCC1=CCCCC1. The van der Waals surface area contributed by atoms with E-state index in [4.69, 9.17) is 5.73 Å². The Morgan fingerprint density at radius 2 is 2.35 bits per heavy atom. The predicted molar refractivity (Wildman–Crippen MR) is 82.4 cm³/mol. The Balaban J connectivity index is 1.63. The quantitative estimate of drug-likeness (QED) is 0.755. The highest BCUT2D eigenvalue weighted by molar-refractivity contribution is 5.78. The Labute approximate surface area is 122 Å². The predicted octanol–water partition coefficient (Wildman–Crippen LogP) is 1.80. The number of nitrogens with two attached hydrogens (primary N) is 1. The van der Waals surface area contributed by atoms with Crippen LogP contribution in [0.25, 0.3) is 0 Å². The van der Waals surface area contributed by atoms with Crippen molar-refractivity contribution in [2.24, 2.45) is 5.73 Å². The molecule has 3 N–H and O–H groups in total. The van der Waals surface area contributed by atoms with Gasteiger partial charge in [0.2, 0.25) is 5.91 Å². The maximum absolute atomic E-state index is 12.0. The van der Waals surface area contributed by atoms with Gasteiger partial charge in [-0.25, -0.2) is 0 Å². The van der Waals surface area contributed by atoms with Crippen molar-refractivity contribution in [3.63, 3.8) is 0 Å². The van der Waals surface area contributed by atoms with E-state index in [1.165, 1.54) is 31.3 Å². The average molecular weight is 279 g/mol. The van der Waals surface area contributed by atoms with Gasteiger partial charge in [-0.15, -0.1) is 0 Å². The molecule has 0 aromatic carbocycles. The van der Waals surface area contributed by atoms with Crippen LogP contribution in [0.4, 0.5) is 0 Å². The summed E-state index contributed by atoms with van der Waals surface area (Å²) in [6, 6.07) is 0.730. The van der Waals surface area contributed by atoms with Crippen molar-refractivity contribution in [2.45, 2.75) is 64.0 Å². The highest BCUT2D eigenvalue weighted by atomic mass is 16.2. The number of rotatable bonds is 5. The number of nitrogens with zero attached hydrogens (tertiary/aromatic N) is 1. The van der Waals surface area contributed by atoms with Gasteiger partial charge in [-0.3, -0.25) is 9.69 Å². The van der Waals surface area contributed by atoms with Crippen LogP contribution >= 0.6 is 0 Å².